The highest BCUT2D eigenvalue weighted by molar-refractivity contribution is 14.1. The fraction of sp³-hybridized carbons (Fsp3) is 0.462. The molecule has 0 saturated heterocycles. The van der Waals surface area contributed by atoms with Crippen molar-refractivity contribution in [1.82, 2.24) is 0 Å². The fourth-order valence-corrected chi connectivity index (χ4v) is 8.48. The summed E-state index contributed by atoms with van der Waals surface area (Å²) in [6.07, 6.45) is 18.7. The van der Waals surface area contributed by atoms with Gasteiger partial charge in [-0.1, -0.05) is 70.7 Å². The SMILES string of the molecule is CCCCCN1/C(=C/C=C2\CCC(/C=C/C3=[N+](CCCCC)c4ccc(I)cc4C3(C)C)=C2Cl)C(C)(C)c2cc(I)ccc21. The average molecular weight is 834 g/mol. The van der Waals surface area contributed by atoms with Gasteiger partial charge in [0.25, 0.3) is 0 Å². The average Bonchev–Trinajstić information content (AvgIpc) is 3.51. The Kier molecular flexibility index (Phi) is 10.9. The second kappa shape index (κ2) is 14.2. The van der Waals surface area contributed by atoms with Crippen molar-refractivity contribution >= 4 is 73.9 Å². The van der Waals surface area contributed by atoms with E-state index < -0.39 is 0 Å². The smallest absolute Gasteiger partial charge is 0.209 e. The van der Waals surface area contributed by atoms with Gasteiger partial charge in [-0.15, -0.1) is 0 Å². The molecular formula is C39H48ClI2N2+. The summed E-state index contributed by atoms with van der Waals surface area (Å²) in [5.41, 5.74) is 10.8. The minimum absolute atomic E-state index is 0.0456. The Labute approximate surface area is 298 Å². The van der Waals surface area contributed by atoms with E-state index in [0.29, 0.717) is 0 Å². The maximum atomic E-state index is 7.15. The van der Waals surface area contributed by atoms with Crippen LogP contribution in [0.4, 0.5) is 11.4 Å². The Morgan fingerprint density at radius 1 is 0.818 bits per heavy atom. The third kappa shape index (κ3) is 6.69. The molecule has 2 aromatic carbocycles. The molecule has 2 nitrogen and oxygen atoms in total. The molecule has 0 spiro atoms. The van der Waals surface area contributed by atoms with Crippen LogP contribution < -0.4 is 4.90 Å². The number of nitrogens with zero attached hydrogens (tertiary/aromatic N) is 2. The zero-order valence-electron chi connectivity index (χ0n) is 27.4. The van der Waals surface area contributed by atoms with Crippen molar-refractivity contribution in [3.8, 4) is 0 Å². The second-order valence-corrected chi connectivity index (χ2v) is 16.5. The topological polar surface area (TPSA) is 6.25 Å². The molecule has 1 aliphatic carbocycles. The van der Waals surface area contributed by atoms with Crippen LogP contribution in [0.1, 0.15) is 104 Å². The maximum absolute atomic E-state index is 7.15. The molecule has 0 fully saturated rings. The number of allylic oxidation sites excluding steroid dienone is 8. The van der Waals surface area contributed by atoms with Crippen molar-refractivity contribution in [3.63, 3.8) is 0 Å². The van der Waals surface area contributed by atoms with E-state index in [2.05, 4.69) is 157 Å². The van der Waals surface area contributed by atoms with Crippen LogP contribution in [0.3, 0.4) is 0 Å². The molecule has 234 valence electrons. The molecule has 0 atom stereocenters. The lowest BCUT2D eigenvalue weighted by Crippen LogP contribution is -2.28. The van der Waals surface area contributed by atoms with Gasteiger partial charge in [-0.25, -0.2) is 0 Å². The minimum atomic E-state index is -0.0456. The summed E-state index contributed by atoms with van der Waals surface area (Å²) in [5, 5.41) is 0.930. The van der Waals surface area contributed by atoms with Gasteiger partial charge in [0.2, 0.25) is 5.69 Å². The Morgan fingerprint density at radius 3 is 2.23 bits per heavy atom. The highest BCUT2D eigenvalue weighted by Crippen LogP contribution is 2.49. The molecular weight excluding hydrogens is 786 g/mol. The van der Waals surface area contributed by atoms with Crippen LogP contribution in [0.5, 0.6) is 0 Å². The molecule has 0 N–H and O–H groups in total. The van der Waals surface area contributed by atoms with Gasteiger partial charge in [0.1, 0.15) is 6.54 Å². The third-order valence-corrected chi connectivity index (χ3v) is 11.6. The predicted octanol–water partition coefficient (Wildman–Crippen LogP) is 12.1. The number of benzene rings is 2. The van der Waals surface area contributed by atoms with Gasteiger partial charge < -0.3 is 4.90 Å². The molecule has 5 rings (SSSR count). The fourth-order valence-electron chi connectivity index (χ4n) is 7.18. The Hall–Kier alpha value is -1.38. The number of unbranched alkanes of at least 4 members (excludes halogenated alkanes) is 4. The lowest BCUT2D eigenvalue weighted by atomic mass is 9.81. The van der Waals surface area contributed by atoms with Crippen LogP contribution in [0.2, 0.25) is 0 Å². The largest absolute Gasteiger partial charge is 0.344 e. The highest BCUT2D eigenvalue weighted by Gasteiger charge is 2.44. The maximum Gasteiger partial charge on any atom is 0.209 e. The first-order chi connectivity index (χ1) is 21.0. The van der Waals surface area contributed by atoms with Gasteiger partial charge in [-0.3, -0.25) is 0 Å². The summed E-state index contributed by atoms with van der Waals surface area (Å²) in [7, 11) is 0. The molecule has 2 heterocycles. The Morgan fingerprint density at radius 2 is 1.50 bits per heavy atom. The third-order valence-electron chi connectivity index (χ3n) is 9.79. The van der Waals surface area contributed by atoms with E-state index in [1.165, 1.54) is 90.7 Å². The number of hydrogen-bond acceptors (Lipinski definition) is 1. The second-order valence-electron chi connectivity index (χ2n) is 13.6. The van der Waals surface area contributed by atoms with Gasteiger partial charge in [0.15, 0.2) is 5.71 Å². The molecule has 0 aromatic heterocycles. The summed E-state index contributed by atoms with van der Waals surface area (Å²) >= 11 is 12.0. The molecule has 0 unspecified atom stereocenters. The van der Waals surface area contributed by atoms with Gasteiger partial charge >= 0.3 is 0 Å². The van der Waals surface area contributed by atoms with Crippen LogP contribution in [0, 0.1) is 7.14 Å². The standard InChI is InChI=1S/C39H48ClI2N2/c1-7-9-11-23-43-33-19-17-29(41)25-31(33)38(3,4)35(43)21-15-27-13-14-28(37(27)40)16-22-36-39(5,6)32-26-30(42)18-20-34(32)44(36)24-12-10-8-2/h15-22,25-26H,7-14,23-24H2,1-6H3/q+1. The van der Waals surface area contributed by atoms with Crippen molar-refractivity contribution in [2.45, 2.75) is 104 Å². The number of hydrogen-bond donors (Lipinski definition) is 0. The molecule has 5 heteroatoms. The zero-order valence-corrected chi connectivity index (χ0v) is 32.4. The zero-order chi connectivity index (χ0) is 31.6. The molecule has 2 aliphatic heterocycles. The summed E-state index contributed by atoms with van der Waals surface area (Å²) in [4.78, 5) is 2.57. The molecule has 44 heavy (non-hydrogen) atoms. The molecule has 2 aromatic rings. The van der Waals surface area contributed by atoms with Gasteiger partial charge in [0.05, 0.1) is 5.41 Å². The van der Waals surface area contributed by atoms with E-state index in [0.717, 1.165) is 31.0 Å². The highest BCUT2D eigenvalue weighted by atomic mass is 127. The summed E-state index contributed by atoms with van der Waals surface area (Å²) in [6.45, 7) is 16.2. The molecule has 0 radical (unpaired) electrons. The normalized spacial score (nSPS) is 20.6. The van der Waals surface area contributed by atoms with Crippen LogP contribution in [0.25, 0.3) is 0 Å². The first-order valence-electron chi connectivity index (χ1n) is 16.5. The van der Waals surface area contributed by atoms with E-state index in [1.54, 1.807) is 0 Å². The molecule has 3 aliphatic rings. The lowest BCUT2D eigenvalue weighted by molar-refractivity contribution is -0.438. The van der Waals surface area contributed by atoms with E-state index >= 15 is 0 Å². The van der Waals surface area contributed by atoms with Gasteiger partial charge in [-0.2, -0.15) is 4.58 Å². The Bertz CT molecular complexity index is 1570. The summed E-state index contributed by atoms with van der Waals surface area (Å²) in [5.74, 6) is 0. The number of fused-ring (bicyclic) bond motifs is 2. The van der Waals surface area contributed by atoms with Crippen LogP contribution >= 0.6 is 56.8 Å². The van der Waals surface area contributed by atoms with Crippen molar-refractivity contribution < 1.29 is 4.58 Å². The monoisotopic (exact) mass is 833 g/mol. The van der Waals surface area contributed by atoms with E-state index in [9.17, 15) is 0 Å². The van der Waals surface area contributed by atoms with Crippen LogP contribution in [-0.2, 0) is 10.8 Å². The van der Waals surface area contributed by atoms with Crippen molar-refractivity contribution in [1.29, 1.82) is 0 Å². The van der Waals surface area contributed by atoms with Crippen molar-refractivity contribution in [3.05, 3.63) is 101 Å². The van der Waals surface area contributed by atoms with E-state index in [4.69, 9.17) is 11.6 Å². The number of anilines is 1. The van der Waals surface area contributed by atoms with Crippen molar-refractivity contribution in [2.75, 3.05) is 18.0 Å². The molecule has 0 amide bonds. The minimum Gasteiger partial charge on any atom is -0.344 e. The summed E-state index contributed by atoms with van der Waals surface area (Å²) in [6, 6.07) is 13.9. The van der Waals surface area contributed by atoms with E-state index in [-0.39, 0.29) is 10.8 Å². The first kappa shape index (κ1) is 34.0. The number of halogens is 3. The predicted molar refractivity (Wildman–Crippen MR) is 208 cm³/mol. The molecule has 0 bridgehead atoms. The lowest BCUT2D eigenvalue weighted by Gasteiger charge is -2.27. The van der Waals surface area contributed by atoms with Gasteiger partial charge in [0, 0.05) is 59.6 Å². The Balaban J connectivity index is 1.46. The quantitative estimate of drug-likeness (QED) is 0.124. The van der Waals surface area contributed by atoms with Crippen LogP contribution in [0.15, 0.2) is 82.6 Å². The van der Waals surface area contributed by atoms with E-state index in [1.807, 2.05) is 0 Å². The van der Waals surface area contributed by atoms with Crippen LogP contribution in [-0.4, -0.2) is 23.4 Å². The van der Waals surface area contributed by atoms with Gasteiger partial charge in [-0.05, 0) is 138 Å². The summed E-state index contributed by atoms with van der Waals surface area (Å²) < 4.78 is 5.16. The number of rotatable bonds is 11. The molecule has 0 saturated carbocycles. The first-order valence-corrected chi connectivity index (χ1v) is 19.0. The van der Waals surface area contributed by atoms with Crippen molar-refractivity contribution in [2.24, 2.45) is 0 Å².